The quantitative estimate of drug-likeness (QED) is 0.626. The van der Waals surface area contributed by atoms with Crippen LogP contribution in [0.2, 0.25) is 0 Å². The first kappa shape index (κ1) is 23.8. The van der Waals surface area contributed by atoms with Gasteiger partial charge in [0.15, 0.2) is 0 Å². The summed E-state index contributed by atoms with van der Waals surface area (Å²) in [5, 5.41) is 18.4. The van der Waals surface area contributed by atoms with E-state index in [4.69, 9.17) is 5.11 Å². The number of carbonyl (C=O) groups excluding carboxylic acids is 1. The molecule has 0 saturated carbocycles. The van der Waals surface area contributed by atoms with Gasteiger partial charge in [-0.1, -0.05) is 0 Å². The van der Waals surface area contributed by atoms with Crippen LogP contribution in [0.3, 0.4) is 0 Å². The molecule has 0 radical (unpaired) electrons. The number of sulfonamides is 1. The van der Waals surface area contributed by atoms with Crippen molar-refractivity contribution in [3.63, 3.8) is 0 Å². The van der Waals surface area contributed by atoms with E-state index < -0.39 is 44.8 Å². The number of carboxylic acids is 1. The molecule has 0 unspecified atom stereocenters. The highest BCUT2D eigenvalue weighted by Crippen LogP contribution is 2.28. The molecule has 0 atom stereocenters. The molecule has 2 heterocycles. The van der Waals surface area contributed by atoms with Crippen molar-refractivity contribution in [3.05, 3.63) is 47.2 Å². The highest BCUT2D eigenvalue weighted by atomic mass is 32.2. The Balaban J connectivity index is 1.66. The van der Waals surface area contributed by atoms with Crippen LogP contribution in [-0.4, -0.2) is 49.8 Å². The number of ether oxygens (including phenoxy) is 1. The number of halogens is 3. The minimum Gasteiger partial charge on any atom is -0.478 e. The number of benzene rings is 1. The van der Waals surface area contributed by atoms with Crippen LogP contribution in [0.1, 0.15) is 21.6 Å². The van der Waals surface area contributed by atoms with Gasteiger partial charge in [0.25, 0.3) is 10.0 Å². The number of amides is 1. The first-order chi connectivity index (χ1) is 15.3. The number of pyridine rings is 1. The second kappa shape index (κ2) is 8.58. The first-order valence-corrected chi connectivity index (χ1v) is 10.6. The number of nitriles is 1. The Morgan fingerprint density at radius 3 is 2.39 bits per heavy atom. The molecular weight excluding hydrogens is 469 g/mol. The third kappa shape index (κ3) is 5.32. The number of nitrogens with zero attached hydrogens (tertiary/aromatic N) is 3. The number of aromatic nitrogens is 1. The predicted octanol–water partition coefficient (Wildman–Crippen LogP) is 1.80. The number of alkyl halides is 3. The van der Waals surface area contributed by atoms with Crippen LogP contribution >= 0.6 is 0 Å². The summed E-state index contributed by atoms with van der Waals surface area (Å²) in [6.07, 6.45) is -4.93. The summed E-state index contributed by atoms with van der Waals surface area (Å²) in [5.41, 5.74) is 0.0263. The van der Waals surface area contributed by atoms with E-state index in [1.807, 2.05) is 10.8 Å². The molecular formula is C19H15F3N4O6S. The van der Waals surface area contributed by atoms with Gasteiger partial charge in [-0.2, -0.15) is 5.26 Å². The summed E-state index contributed by atoms with van der Waals surface area (Å²) in [5.74, 6) is -3.31. The number of aryl methyl sites for hydroxylation is 1. The summed E-state index contributed by atoms with van der Waals surface area (Å²) in [6, 6.07) is 6.34. The van der Waals surface area contributed by atoms with Crippen molar-refractivity contribution in [3.8, 4) is 11.8 Å². The van der Waals surface area contributed by atoms with Gasteiger partial charge in [0.1, 0.15) is 17.6 Å². The van der Waals surface area contributed by atoms with E-state index in [9.17, 15) is 36.4 Å². The number of nitrogens with one attached hydrogen (secondary N) is 1. The maximum absolute atomic E-state index is 12.4. The molecule has 1 saturated heterocycles. The van der Waals surface area contributed by atoms with Crippen LogP contribution in [0.5, 0.6) is 5.75 Å². The Morgan fingerprint density at radius 1 is 1.27 bits per heavy atom. The maximum atomic E-state index is 12.4. The van der Waals surface area contributed by atoms with Gasteiger partial charge in [-0.15, -0.1) is 13.2 Å². The third-order valence-electron chi connectivity index (χ3n) is 4.70. The van der Waals surface area contributed by atoms with Gasteiger partial charge in [-0.3, -0.25) is 4.79 Å². The van der Waals surface area contributed by atoms with E-state index in [-0.39, 0.29) is 35.7 Å². The van der Waals surface area contributed by atoms with Crippen LogP contribution in [0.15, 0.2) is 35.2 Å². The molecule has 174 valence electrons. The van der Waals surface area contributed by atoms with Crippen molar-refractivity contribution in [2.45, 2.75) is 18.2 Å². The van der Waals surface area contributed by atoms with Crippen molar-refractivity contribution >= 4 is 27.7 Å². The fourth-order valence-electron chi connectivity index (χ4n) is 3.04. The molecule has 10 nitrogen and oxygen atoms in total. The highest BCUT2D eigenvalue weighted by Gasteiger charge is 2.37. The zero-order chi connectivity index (χ0) is 24.6. The van der Waals surface area contributed by atoms with Crippen LogP contribution in [-0.2, 0) is 14.8 Å². The number of rotatable bonds is 6. The second-order valence-corrected chi connectivity index (χ2v) is 8.68. The molecule has 1 amide bonds. The van der Waals surface area contributed by atoms with Crippen LogP contribution in [0, 0.1) is 24.2 Å². The van der Waals surface area contributed by atoms with Gasteiger partial charge in [0.05, 0.1) is 27.6 Å². The molecule has 33 heavy (non-hydrogen) atoms. The Hall–Kier alpha value is -3.86. The molecule has 0 spiro atoms. The van der Waals surface area contributed by atoms with E-state index in [1.165, 1.54) is 17.9 Å². The largest absolute Gasteiger partial charge is 0.573 e. The molecule has 1 aromatic heterocycles. The Labute approximate surface area is 185 Å². The number of aromatic carboxylic acids is 1. The van der Waals surface area contributed by atoms with E-state index in [0.29, 0.717) is 0 Å². The van der Waals surface area contributed by atoms with Crippen molar-refractivity contribution in [2.24, 2.45) is 5.92 Å². The standard InChI is InChI=1S/C19H15F3N4O6S/c1-10-15(18(28)29)6-11(7-23)16(24-10)26-8-12(9-26)17(27)25-33(30,31)14-4-2-13(3-5-14)32-19(20,21)22/h2-6,12H,8-9H2,1H3,(H,25,27)(H,28,29). The van der Waals surface area contributed by atoms with E-state index in [1.54, 1.807) is 0 Å². The summed E-state index contributed by atoms with van der Waals surface area (Å²) >= 11 is 0. The van der Waals surface area contributed by atoms with Gasteiger partial charge in [-0.05, 0) is 37.3 Å². The number of hydrogen-bond acceptors (Lipinski definition) is 8. The molecule has 1 aliphatic heterocycles. The van der Waals surface area contributed by atoms with E-state index >= 15 is 0 Å². The van der Waals surface area contributed by atoms with E-state index in [2.05, 4.69) is 9.72 Å². The molecule has 1 aromatic carbocycles. The van der Waals surface area contributed by atoms with Crippen molar-refractivity contribution in [1.82, 2.24) is 9.71 Å². The zero-order valence-corrected chi connectivity index (χ0v) is 17.6. The molecule has 3 rings (SSSR count). The lowest BCUT2D eigenvalue weighted by atomic mass is 9.98. The maximum Gasteiger partial charge on any atom is 0.573 e. The molecule has 14 heteroatoms. The number of carbonyl (C=O) groups is 2. The second-order valence-electron chi connectivity index (χ2n) is 7.00. The van der Waals surface area contributed by atoms with Crippen molar-refractivity contribution < 1.29 is 41.0 Å². The molecule has 2 aromatic rings. The van der Waals surface area contributed by atoms with Gasteiger partial charge in [0, 0.05) is 13.1 Å². The summed E-state index contributed by atoms with van der Waals surface area (Å²) in [4.78, 5) is 28.8. The molecule has 1 aliphatic rings. The minimum atomic E-state index is -4.93. The first-order valence-electron chi connectivity index (χ1n) is 9.13. The number of anilines is 1. The fourth-order valence-corrected chi connectivity index (χ4v) is 4.09. The lowest BCUT2D eigenvalue weighted by molar-refractivity contribution is -0.274. The van der Waals surface area contributed by atoms with E-state index in [0.717, 1.165) is 24.3 Å². The number of carboxylic acid groups (broad SMARTS) is 1. The minimum absolute atomic E-state index is 0.00866. The average molecular weight is 484 g/mol. The monoisotopic (exact) mass is 484 g/mol. The van der Waals surface area contributed by atoms with Crippen LogP contribution < -0.4 is 14.4 Å². The lowest BCUT2D eigenvalue weighted by Crippen LogP contribution is -2.55. The van der Waals surface area contributed by atoms with Gasteiger partial charge >= 0.3 is 12.3 Å². The molecule has 1 fully saturated rings. The molecule has 2 N–H and O–H groups in total. The lowest BCUT2D eigenvalue weighted by Gasteiger charge is -2.39. The zero-order valence-electron chi connectivity index (χ0n) is 16.8. The average Bonchev–Trinajstić information content (AvgIpc) is 2.65. The molecule has 0 bridgehead atoms. The smallest absolute Gasteiger partial charge is 0.478 e. The van der Waals surface area contributed by atoms with Crippen molar-refractivity contribution in [2.75, 3.05) is 18.0 Å². The Kier molecular flexibility index (Phi) is 6.19. The fraction of sp³-hybridized carbons (Fsp3) is 0.263. The summed E-state index contributed by atoms with van der Waals surface area (Å²) < 4.78 is 66.9. The SMILES string of the molecule is Cc1nc(N2CC(C(=O)NS(=O)(=O)c3ccc(OC(F)(F)F)cc3)C2)c(C#N)cc1C(=O)O. The van der Waals surface area contributed by atoms with Crippen LogP contribution in [0.4, 0.5) is 19.0 Å². The highest BCUT2D eigenvalue weighted by molar-refractivity contribution is 7.90. The Morgan fingerprint density at radius 2 is 1.88 bits per heavy atom. The summed E-state index contributed by atoms with van der Waals surface area (Å²) in [6.45, 7) is 1.50. The van der Waals surface area contributed by atoms with Crippen molar-refractivity contribution in [1.29, 1.82) is 5.26 Å². The summed E-state index contributed by atoms with van der Waals surface area (Å²) in [7, 11) is -4.35. The number of hydrogen-bond donors (Lipinski definition) is 2. The van der Waals surface area contributed by atoms with Gasteiger partial charge in [0.2, 0.25) is 5.91 Å². The molecule has 0 aliphatic carbocycles. The normalized spacial score (nSPS) is 14.2. The van der Waals surface area contributed by atoms with Gasteiger partial charge in [-0.25, -0.2) is 22.9 Å². The predicted molar refractivity (Wildman–Crippen MR) is 105 cm³/mol. The third-order valence-corrected chi connectivity index (χ3v) is 6.06. The Bertz CT molecular complexity index is 1250. The van der Waals surface area contributed by atoms with Crippen LogP contribution in [0.25, 0.3) is 0 Å². The van der Waals surface area contributed by atoms with Gasteiger partial charge < -0.3 is 14.7 Å². The topological polar surface area (TPSA) is 150 Å².